The van der Waals surface area contributed by atoms with Crippen molar-refractivity contribution < 1.29 is 13.7 Å². The van der Waals surface area contributed by atoms with Crippen LogP contribution in [0.4, 0.5) is 0 Å². The Morgan fingerprint density at radius 1 is 1.22 bits per heavy atom. The molecule has 1 N–H and O–H groups in total. The van der Waals surface area contributed by atoms with E-state index in [1.807, 2.05) is 6.92 Å². The molecule has 0 aromatic heterocycles. The summed E-state index contributed by atoms with van der Waals surface area (Å²) in [6, 6.07) is 0. The largest absolute Gasteiger partial charge is 0.286 e. The first-order chi connectivity index (χ1) is 8.02. The average molecular weight is 296 g/mol. The van der Waals surface area contributed by atoms with E-state index in [1.165, 1.54) is 0 Å². The molecular weight excluding hydrogens is 266 g/mol. The van der Waals surface area contributed by atoms with Gasteiger partial charge in [0.05, 0.1) is 12.4 Å². The quantitative estimate of drug-likeness (QED) is 0.321. The lowest BCUT2D eigenvalue weighted by atomic mass is 10.2. The molecule has 4 nitrogen and oxygen atoms in total. The van der Waals surface area contributed by atoms with Crippen molar-refractivity contribution in [2.24, 2.45) is 0 Å². The highest BCUT2D eigenvalue weighted by Gasteiger charge is 2.39. The van der Waals surface area contributed by atoms with Gasteiger partial charge >= 0.3 is 0 Å². The Morgan fingerprint density at radius 2 is 1.78 bits per heavy atom. The molecule has 0 aromatic rings. The van der Waals surface area contributed by atoms with E-state index in [1.54, 1.807) is 0 Å². The van der Waals surface area contributed by atoms with Gasteiger partial charge in [0.2, 0.25) is 8.32 Å². The first-order valence-corrected chi connectivity index (χ1v) is 11.4. The fourth-order valence-corrected chi connectivity index (χ4v) is 2.89. The highest BCUT2D eigenvalue weighted by atomic mass is 32.2. The lowest BCUT2D eigenvalue weighted by Gasteiger charge is -2.34. The van der Waals surface area contributed by atoms with Crippen LogP contribution in [0.5, 0.6) is 0 Å². The zero-order chi connectivity index (χ0) is 14.4. The van der Waals surface area contributed by atoms with Gasteiger partial charge in [-0.1, -0.05) is 34.1 Å². The van der Waals surface area contributed by atoms with Crippen molar-refractivity contribution in [1.82, 2.24) is 0 Å². The molecular formula is C12H29NO3SSi. The van der Waals surface area contributed by atoms with Crippen LogP contribution in [0.3, 0.4) is 0 Å². The number of hydrogen-bond donors (Lipinski definition) is 1. The van der Waals surface area contributed by atoms with Crippen LogP contribution in [0.25, 0.3) is 0 Å². The van der Waals surface area contributed by atoms with E-state index < -0.39 is 18.0 Å². The van der Waals surface area contributed by atoms with Crippen molar-refractivity contribution in [3.63, 3.8) is 0 Å². The Hall–Kier alpha value is 0.0869. The molecule has 0 radical (unpaired) electrons. The van der Waals surface area contributed by atoms with E-state index in [0.717, 1.165) is 12.8 Å². The van der Waals surface area contributed by atoms with E-state index in [9.17, 15) is 4.21 Å². The van der Waals surface area contributed by atoms with Crippen molar-refractivity contribution >= 4 is 18.0 Å². The maximum absolute atomic E-state index is 11.8. The van der Waals surface area contributed by atoms with Crippen LogP contribution in [-0.4, -0.2) is 30.6 Å². The minimum atomic E-state index is -2.49. The number of nitrogens with one attached hydrogen (secondary N) is 1. The molecule has 0 amide bonds. The highest BCUT2D eigenvalue weighted by molar-refractivity contribution is 7.92. The molecule has 0 aliphatic heterocycles. The fourth-order valence-electron chi connectivity index (χ4n) is 0.962. The molecule has 0 aliphatic carbocycles. The third kappa shape index (κ3) is 6.87. The van der Waals surface area contributed by atoms with Crippen molar-refractivity contribution in [2.75, 3.05) is 18.1 Å². The highest BCUT2D eigenvalue weighted by Crippen LogP contribution is 2.36. The Bertz CT molecular complexity index is 334. The maximum atomic E-state index is 11.8. The number of hydrogen-bond acceptors (Lipinski definition) is 4. The second-order valence-electron chi connectivity index (χ2n) is 6.24. The van der Waals surface area contributed by atoms with E-state index in [4.69, 9.17) is 14.2 Å². The predicted molar refractivity (Wildman–Crippen MR) is 79.7 cm³/mol. The Morgan fingerprint density at radius 3 is 2.22 bits per heavy atom. The van der Waals surface area contributed by atoms with E-state index in [0.29, 0.717) is 5.75 Å². The first kappa shape index (κ1) is 18.1. The van der Waals surface area contributed by atoms with Crippen LogP contribution in [-0.2, 0) is 19.2 Å². The lowest BCUT2D eigenvalue weighted by molar-refractivity contribution is -0.215. The topological polar surface area (TPSA) is 59.4 Å². The molecule has 1 atom stereocenters. The van der Waals surface area contributed by atoms with E-state index in [2.05, 4.69) is 33.9 Å². The molecule has 0 aromatic carbocycles. The van der Waals surface area contributed by atoms with Gasteiger partial charge in [-0.25, -0.2) is 9.10 Å². The molecule has 110 valence electrons. The third-order valence-electron chi connectivity index (χ3n) is 3.40. The Labute approximate surface area is 113 Å². The van der Waals surface area contributed by atoms with Crippen molar-refractivity contribution in [3.8, 4) is 0 Å². The predicted octanol–water partition coefficient (Wildman–Crippen LogP) is 3.79. The lowest BCUT2D eigenvalue weighted by Crippen LogP contribution is -2.41. The average Bonchev–Trinajstić information content (AvgIpc) is 2.20. The number of rotatable bonds is 8. The maximum Gasteiger partial charge on any atom is 0.238 e. The summed E-state index contributed by atoms with van der Waals surface area (Å²) in [4.78, 5) is 5.20. The molecule has 0 bridgehead atoms. The smallest absolute Gasteiger partial charge is 0.238 e. The minimum absolute atomic E-state index is 0.0948. The van der Waals surface area contributed by atoms with Gasteiger partial charge in [-0.15, -0.1) is 0 Å². The van der Waals surface area contributed by atoms with Crippen molar-refractivity contribution in [1.29, 1.82) is 4.78 Å². The standard InChI is InChI=1S/C12H29NO3SSi/c1-7-8-10-17(13,14)11-9-15-16-18(5,6)12(2,3)4/h13H,7-11H2,1-6H3. The van der Waals surface area contributed by atoms with Gasteiger partial charge in [-0.2, -0.15) is 0 Å². The molecule has 0 fully saturated rings. The minimum Gasteiger partial charge on any atom is -0.286 e. The Kier molecular flexibility index (Phi) is 7.06. The van der Waals surface area contributed by atoms with Gasteiger partial charge < -0.3 is 0 Å². The van der Waals surface area contributed by atoms with Gasteiger partial charge in [-0.3, -0.25) is 9.36 Å². The molecule has 18 heavy (non-hydrogen) atoms. The van der Waals surface area contributed by atoms with Crippen molar-refractivity contribution in [2.45, 2.75) is 58.7 Å². The molecule has 1 unspecified atom stereocenters. The van der Waals surface area contributed by atoms with Crippen LogP contribution in [0.15, 0.2) is 0 Å². The van der Waals surface area contributed by atoms with Crippen LogP contribution in [0.1, 0.15) is 40.5 Å². The van der Waals surface area contributed by atoms with E-state index >= 15 is 0 Å². The normalized spacial score (nSPS) is 16.6. The zero-order valence-electron chi connectivity index (χ0n) is 12.7. The van der Waals surface area contributed by atoms with Crippen molar-refractivity contribution in [3.05, 3.63) is 0 Å². The molecule has 0 aliphatic rings. The molecule has 6 heteroatoms. The first-order valence-electron chi connectivity index (χ1n) is 6.56. The summed E-state index contributed by atoms with van der Waals surface area (Å²) in [5.41, 5.74) is 0. The summed E-state index contributed by atoms with van der Waals surface area (Å²) < 4.78 is 25.0. The summed E-state index contributed by atoms with van der Waals surface area (Å²) in [6.45, 7) is 12.9. The van der Waals surface area contributed by atoms with Gasteiger partial charge in [0.1, 0.15) is 0 Å². The van der Waals surface area contributed by atoms with Crippen LogP contribution in [0.2, 0.25) is 18.1 Å². The number of unbranched alkanes of at least 4 members (excludes halogenated alkanes) is 1. The van der Waals surface area contributed by atoms with Gasteiger partial charge in [0.15, 0.2) is 0 Å². The molecule has 0 saturated heterocycles. The summed E-state index contributed by atoms with van der Waals surface area (Å²) in [5, 5.41) is 0.0948. The summed E-state index contributed by atoms with van der Waals surface area (Å²) in [7, 11) is -4.39. The van der Waals surface area contributed by atoms with Crippen LogP contribution < -0.4 is 0 Å². The fraction of sp³-hybridized carbons (Fsp3) is 1.00. The van der Waals surface area contributed by atoms with Gasteiger partial charge in [0, 0.05) is 15.5 Å². The van der Waals surface area contributed by atoms with Crippen LogP contribution in [0, 0.1) is 4.78 Å². The molecule has 0 heterocycles. The Balaban J connectivity index is 4.01. The van der Waals surface area contributed by atoms with Crippen LogP contribution >= 0.6 is 0 Å². The molecule has 0 saturated carbocycles. The SMILES string of the molecule is CCCCS(=N)(=O)CCOO[Si](C)(C)C(C)(C)C. The molecule has 0 rings (SSSR count). The monoisotopic (exact) mass is 295 g/mol. The van der Waals surface area contributed by atoms with Gasteiger partial charge in [-0.05, 0) is 24.6 Å². The van der Waals surface area contributed by atoms with E-state index in [-0.39, 0.29) is 17.4 Å². The van der Waals surface area contributed by atoms with Gasteiger partial charge in [0.25, 0.3) is 0 Å². The zero-order valence-corrected chi connectivity index (χ0v) is 14.5. The summed E-state index contributed by atoms with van der Waals surface area (Å²) in [5.74, 6) is 0.731. The summed E-state index contributed by atoms with van der Waals surface area (Å²) >= 11 is 0. The molecule has 0 spiro atoms. The second kappa shape index (κ2) is 7.03. The second-order valence-corrected chi connectivity index (χ2v) is 13.4. The summed E-state index contributed by atoms with van der Waals surface area (Å²) in [6.07, 6.45) is 1.81. The third-order valence-corrected chi connectivity index (χ3v) is 9.32.